The Balaban J connectivity index is 2.56. The fraction of sp³-hybridized carbons (Fsp3) is 0.417. The van der Waals surface area contributed by atoms with E-state index in [2.05, 4.69) is 0 Å². The van der Waals surface area contributed by atoms with Crippen molar-refractivity contribution < 1.29 is 17.9 Å². The van der Waals surface area contributed by atoms with Crippen LogP contribution in [0.4, 0.5) is 0 Å². The maximum atomic E-state index is 11.4. The first-order valence-corrected chi connectivity index (χ1v) is 7.65. The van der Waals surface area contributed by atoms with Gasteiger partial charge in [-0.15, -0.1) is 0 Å². The molecule has 0 aliphatic heterocycles. The second kappa shape index (κ2) is 6.53. The average molecular weight is 286 g/mol. The van der Waals surface area contributed by atoms with Gasteiger partial charge in [-0.3, -0.25) is 4.79 Å². The summed E-state index contributed by atoms with van der Waals surface area (Å²) < 4.78 is 28.1. The highest BCUT2D eigenvalue weighted by molar-refractivity contribution is 7.90. The summed E-state index contributed by atoms with van der Waals surface area (Å²) in [6, 6.07) is 5.86. The van der Waals surface area contributed by atoms with Crippen LogP contribution in [0.1, 0.15) is 12.8 Å². The van der Waals surface area contributed by atoms with Gasteiger partial charge in [0.25, 0.3) is 0 Å². The molecule has 4 N–H and O–H groups in total. The molecule has 0 heterocycles. The Morgan fingerprint density at radius 3 is 2.68 bits per heavy atom. The van der Waals surface area contributed by atoms with E-state index in [1.807, 2.05) is 0 Å². The minimum Gasteiger partial charge on any atom is -0.492 e. The van der Waals surface area contributed by atoms with Crippen LogP contribution in [0.3, 0.4) is 0 Å². The fourth-order valence-electron chi connectivity index (χ4n) is 1.41. The molecule has 0 saturated carbocycles. The van der Waals surface area contributed by atoms with Crippen molar-refractivity contribution >= 4 is 15.7 Å². The summed E-state index contributed by atoms with van der Waals surface area (Å²) >= 11 is 0. The first-order chi connectivity index (χ1) is 8.79. The molecule has 1 atom stereocenters. The molecule has 1 aromatic rings. The fourth-order valence-corrected chi connectivity index (χ4v) is 2.06. The van der Waals surface area contributed by atoms with Gasteiger partial charge in [0, 0.05) is 18.7 Å². The molecule has 19 heavy (non-hydrogen) atoms. The summed E-state index contributed by atoms with van der Waals surface area (Å²) in [4.78, 5) is 10.8. The van der Waals surface area contributed by atoms with Crippen molar-refractivity contribution in [2.45, 2.75) is 23.8 Å². The lowest BCUT2D eigenvalue weighted by Crippen LogP contribution is -2.29. The van der Waals surface area contributed by atoms with Crippen LogP contribution in [0.5, 0.6) is 5.75 Å². The van der Waals surface area contributed by atoms with E-state index in [0.717, 1.165) is 6.26 Å². The number of carbonyl (C=O) groups excluding carboxylic acids is 1. The minimum absolute atomic E-state index is 0.190. The molecule has 7 heteroatoms. The molecule has 0 bridgehead atoms. The van der Waals surface area contributed by atoms with Gasteiger partial charge in [-0.05, 0) is 24.6 Å². The molecule has 1 unspecified atom stereocenters. The van der Waals surface area contributed by atoms with Crippen LogP contribution in [0.25, 0.3) is 0 Å². The van der Waals surface area contributed by atoms with Gasteiger partial charge in [-0.25, -0.2) is 8.42 Å². The summed E-state index contributed by atoms with van der Waals surface area (Å²) in [6.07, 6.45) is 1.76. The van der Waals surface area contributed by atoms with Gasteiger partial charge in [0.05, 0.1) is 4.90 Å². The van der Waals surface area contributed by atoms with Gasteiger partial charge < -0.3 is 16.2 Å². The van der Waals surface area contributed by atoms with Gasteiger partial charge in [-0.2, -0.15) is 0 Å². The minimum atomic E-state index is -3.26. The Morgan fingerprint density at radius 2 is 2.11 bits per heavy atom. The lowest BCUT2D eigenvalue weighted by Gasteiger charge is -2.12. The highest BCUT2D eigenvalue weighted by Crippen LogP contribution is 2.17. The van der Waals surface area contributed by atoms with Crippen molar-refractivity contribution in [3.63, 3.8) is 0 Å². The molecular weight excluding hydrogens is 268 g/mol. The van der Waals surface area contributed by atoms with Crippen LogP contribution in [0, 0.1) is 0 Å². The van der Waals surface area contributed by atoms with Crippen molar-refractivity contribution in [3.8, 4) is 5.75 Å². The summed E-state index contributed by atoms with van der Waals surface area (Å²) in [5.74, 6) is 0.0203. The van der Waals surface area contributed by atoms with Crippen molar-refractivity contribution in [2.75, 3.05) is 12.9 Å². The van der Waals surface area contributed by atoms with Crippen molar-refractivity contribution in [1.82, 2.24) is 0 Å². The van der Waals surface area contributed by atoms with E-state index >= 15 is 0 Å². The van der Waals surface area contributed by atoms with E-state index in [1.165, 1.54) is 12.1 Å². The van der Waals surface area contributed by atoms with Crippen LogP contribution < -0.4 is 16.2 Å². The third-order valence-corrected chi connectivity index (χ3v) is 3.57. The number of sulfone groups is 1. The summed E-state index contributed by atoms with van der Waals surface area (Å²) in [5, 5.41) is 0. The predicted octanol–water partition coefficient (Wildman–Crippen LogP) is 0.0617. The zero-order valence-electron chi connectivity index (χ0n) is 10.7. The van der Waals surface area contributed by atoms with Gasteiger partial charge in [0.15, 0.2) is 9.84 Å². The molecule has 1 rings (SSSR count). The summed E-state index contributed by atoms with van der Waals surface area (Å²) in [7, 11) is -3.26. The zero-order chi connectivity index (χ0) is 14.5. The molecular formula is C12H18N2O4S. The van der Waals surface area contributed by atoms with Crippen LogP contribution in [-0.4, -0.2) is 33.2 Å². The van der Waals surface area contributed by atoms with Crippen LogP contribution in [0.2, 0.25) is 0 Å². The predicted molar refractivity (Wildman–Crippen MR) is 71.5 cm³/mol. The molecule has 1 amide bonds. The third-order valence-electron chi connectivity index (χ3n) is 2.46. The number of nitrogens with two attached hydrogens (primary N) is 2. The number of hydrogen-bond acceptors (Lipinski definition) is 5. The molecule has 6 nitrogen and oxygen atoms in total. The number of amides is 1. The molecule has 0 saturated heterocycles. The number of carbonyl (C=O) groups is 1. The number of primary amides is 1. The Bertz CT molecular complexity index is 542. The first-order valence-electron chi connectivity index (χ1n) is 5.76. The lowest BCUT2D eigenvalue weighted by atomic mass is 10.2. The Hall–Kier alpha value is -1.60. The highest BCUT2D eigenvalue weighted by atomic mass is 32.2. The second-order valence-corrected chi connectivity index (χ2v) is 6.34. The molecule has 0 aromatic heterocycles. The quantitative estimate of drug-likeness (QED) is 0.736. The van der Waals surface area contributed by atoms with E-state index in [1.54, 1.807) is 12.1 Å². The number of rotatable bonds is 7. The van der Waals surface area contributed by atoms with Gasteiger partial charge in [0.1, 0.15) is 12.4 Å². The van der Waals surface area contributed by atoms with Crippen LogP contribution >= 0.6 is 0 Å². The van der Waals surface area contributed by atoms with E-state index in [9.17, 15) is 13.2 Å². The molecule has 0 aliphatic rings. The van der Waals surface area contributed by atoms with Gasteiger partial charge in [0.2, 0.25) is 5.91 Å². The molecule has 0 radical (unpaired) electrons. The highest BCUT2D eigenvalue weighted by Gasteiger charge is 2.09. The van der Waals surface area contributed by atoms with Crippen LogP contribution in [0.15, 0.2) is 29.2 Å². The number of benzene rings is 1. The van der Waals surface area contributed by atoms with Gasteiger partial charge in [-0.1, -0.05) is 6.07 Å². The Labute approximate surface area is 112 Å². The number of hydrogen-bond donors (Lipinski definition) is 2. The molecule has 0 aliphatic carbocycles. The van der Waals surface area contributed by atoms with Crippen molar-refractivity contribution in [1.29, 1.82) is 0 Å². The topological polar surface area (TPSA) is 112 Å². The molecule has 0 fully saturated rings. The van der Waals surface area contributed by atoms with Gasteiger partial charge >= 0.3 is 0 Å². The Kier molecular flexibility index (Phi) is 5.31. The smallest absolute Gasteiger partial charge is 0.217 e. The largest absolute Gasteiger partial charge is 0.492 e. The third kappa shape index (κ3) is 5.71. The monoisotopic (exact) mass is 286 g/mol. The maximum Gasteiger partial charge on any atom is 0.217 e. The first kappa shape index (κ1) is 15.5. The molecule has 0 spiro atoms. The zero-order valence-corrected chi connectivity index (χ0v) is 11.5. The molecule has 1 aromatic carbocycles. The SMILES string of the molecule is CS(=O)(=O)c1cccc(OCC(N)CCC(N)=O)c1. The van der Waals surface area contributed by atoms with E-state index in [4.69, 9.17) is 16.2 Å². The average Bonchev–Trinajstić information content (AvgIpc) is 2.33. The summed E-state index contributed by atoms with van der Waals surface area (Å²) in [6.45, 7) is 0.195. The number of ether oxygens (including phenoxy) is 1. The maximum absolute atomic E-state index is 11.4. The van der Waals surface area contributed by atoms with Crippen LogP contribution in [-0.2, 0) is 14.6 Å². The van der Waals surface area contributed by atoms with Crippen molar-refractivity contribution in [2.24, 2.45) is 11.5 Å². The lowest BCUT2D eigenvalue weighted by molar-refractivity contribution is -0.118. The Morgan fingerprint density at radius 1 is 1.42 bits per heavy atom. The molecule has 106 valence electrons. The summed E-state index contributed by atoms with van der Waals surface area (Å²) in [5.41, 5.74) is 10.8. The second-order valence-electron chi connectivity index (χ2n) is 4.32. The van der Waals surface area contributed by atoms with E-state index in [-0.39, 0.29) is 24.0 Å². The van der Waals surface area contributed by atoms with E-state index in [0.29, 0.717) is 12.2 Å². The van der Waals surface area contributed by atoms with E-state index < -0.39 is 15.7 Å². The standard InChI is InChI=1S/C12H18N2O4S/c1-19(16,17)11-4-2-3-10(7-11)18-8-9(13)5-6-12(14)15/h2-4,7,9H,5-6,8,13H2,1H3,(H2,14,15). The normalized spacial score (nSPS) is 12.9. The van der Waals surface area contributed by atoms with Crippen molar-refractivity contribution in [3.05, 3.63) is 24.3 Å².